The molecule has 0 aromatic heterocycles. The van der Waals surface area contributed by atoms with Gasteiger partial charge in [0.05, 0.1) is 6.61 Å². The summed E-state index contributed by atoms with van der Waals surface area (Å²) in [6.07, 6.45) is 2.94. The van der Waals surface area contributed by atoms with Crippen LogP contribution < -0.4 is 14.2 Å². The highest BCUT2D eigenvalue weighted by molar-refractivity contribution is 5.89. The minimum atomic E-state index is -0.572. The molecule has 0 aliphatic carbocycles. The molecule has 0 saturated heterocycles. The molecule has 0 bridgehead atoms. The Bertz CT molecular complexity index is 922. The van der Waals surface area contributed by atoms with E-state index in [9.17, 15) is 9.59 Å². The van der Waals surface area contributed by atoms with Gasteiger partial charge >= 0.3 is 5.97 Å². The molecule has 1 amide bonds. The predicted octanol–water partition coefficient (Wildman–Crippen LogP) is 3.46. The lowest BCUT2D eigenvalue weighted by Gasteiger charge is -2.23. The van der Waals surface area contributed by atoms with Crippen LogP contribution in [0.2, 0.25) is 0 Å². The lowest BCUT2D eigenvalue weighted by atomic mass is 10.1. The number of amides is 1. The first-order valence-electron chi connectivity index (χ1n) is 10.3. The van der Waals surface area contributed by atoms with Crippen LogP contribution in [0.5, 0.6) is 17.2 Å². The van der Waals surface area contributed by atoms with E-state index in [1.54, 1.807) is 11.0 Å². The summed E-state index contributed by atoms with van der Waals surface area (Å²) in [6, 6.07) is 12.9. The fraction of sp³-hybridized carbons (Fsp3) is 0.333. The zero-order chi connectivity index (χ0) is 22.1. The Balaban J connectivity index is 1.49. The van der Waals surface area contributed by atoms with Crippen LogP contribution in [0.1, 0.15) is 25.0 Å². The summed E-state index contributed by atoms with van der Waals surface area (Å²) >= 11 is 0. The first kappa shape index (κ1) is 22.2. The molecule has 0 atom stereocenters. The zero-order valence-corrected chi connectivity index (χ0v) is 17.8. The summed E-state index contributed by atoms with van der Waals surface area (Å²) < 4.78 is 21.6. The fourth-order valence-electron chi connectivity index (χ4n) is 3.06. The molecule has 164 valence electrons. The van der Waals surface area contributed by atoms with Gasteiger partial charge in [-0.05, 0) is 55.3 Å². The second-order valence-electron chi connectivity index (χ2n) is 6.83. The molecule has 0 fully saturated rings. The summed E-state index contributed by atoms with van der Waals surface area (Å²) in [4.78, 5) is 26.1. The van der Waals surface area contributed by atoms with E-state index in [-0.39, 0.29) is 12.5 Å². The fourth-order valence-corrected chi connectivity index (χ4v) is 3.06. The minimum absolute atomic E-state index is 0.264. The SMILES string of the molecule is CCOc1ccc(/C=C/C(=O)OCC(=O)N(CC)Cc2ccc3c(c2)OCCO3)cc1. The molecular weight excluding hydrogens is 398 g/mol. The van der Waals surface area contributed by atoms with E-state index < -0.39 is 5.97 Å². The van der Waals surface area contributed by atoms with E-state index in [0.29, 0.717) is 44.4 Å². The molecule has 7 heteroatoms. The topological polar surface area (TPSA) is 74.3 Å². The van der Waals surface area contributed by atoms with Crippen molar-refractivity contribution >= 4 is 18.0 Å². The third-order valence-electron chi connectivity index (χ3n) is 4.66. The molecule has 0 radical (unpaired) electrons. The standard InChI is InChI=1S/C24H27NO6/c1-3-25(16-19-7-11-21-22(15-19)30-14-13-29-21)23(26)17-31-24(27)12-8-18-5-9-20(10-6-18)28-4-2/h5-12,15H,3-4,13-14,16-17H2,1-2H3/b12-8+. The van der Waals surface area contributed by atoms with E-state index in [2.05, 4.69) is 0 Å². The Morgan fingerprint density at radius 1 is 1.03 bits per heavy atom. The average molecular weight is 425 g/mol. The monoisotopic (exact) mass is 425 g/mol. The van der Waals surface area contributed by atoms with Gasteiger partial charge in [-0.3, -0.25) is 4.79 Å². The Hall–Kier alpha value is -3.48. The summed E-state index contributed by atoms with van der Waals surface area (Å²) in [5.41, 5.74) is 1.75. The second kappa shape index (κ2) is 11.1. The Morgan fingerprint density at radius 2 is 1.77 bits per heavy atom. The molecule has 2 aromatic rings. The van der Waals surface area contributed by atoms with Crippen molar-refractivity contribution in [2.75, 3.05) is 33.0 Å². The van der Waals surface area contributed by atoms with E-state index >= 15 is 0 Å². The zero-order valence-electron chi connectivity index (χ0n) is 17.8. The molecule has 3 rings (SSSR count). The molecule has 0 spiro atoms. The summed E-state index contributed by atoms with van der Waals surface area (Å²) in [7, 11) is 0. The Labute approximate surface area is 182 Å². The summed E-state index contributed by atoms with van der Waals surface area (Å²) in [5, 5.41) is 0. The van der Waals surface area contributed by atoms with Crippen molar-refractivity contribution in [3.8, 4) is 17.2 Å². The van der Waals surface area contributed by atoms with Crippen LogP contribution in [0, 0.1) is 0 Å². The normalized spacial score (nSPS) is 12.5. The molecule has 1 aliphatic rings. The van der Waals surface area contributed by atoms with Gasteiger partial charge < -0.3 is 23.8 Å². The molecule has 0 unspecified atom stereocenters. The van der Waals surface area contributed by atoms with Crippen molar-refractivity contribution in [3.63, 3.8) is 0 Å². The molecule has 7 nitrogen and oxygen atoms in total. The van der Waals surface area contributed by atoms with Gasteiger partial charge in [-0.25, -0.2) is 4.79 Å². The highest BCUT2D eigenvalue weighted by Gasteiger charge is 2.17. The van der Waals surface area contributed by atoms with E-state index in [0.717, 1.165) is 16.9 Å². The first-order valence-corrected chi connectivity index (χ1v) is 10.3. The van der Waals surface area contributed by atoms with Crippen LogP contribution in [-0.4, -0.2) is 49.7 Å². The number of hydrogen-bond acceptors (Lipinski definition) is 6. The van der Waals surface area contributed by atoms with Crippen molar-refractivity contribution in [1.29, 1.82) is 0 Å². The van der Waals surface area contributed by atoms with Gasteiger partial charge in [-0.1, -0.05) is 18.2 Å². The number of carbonyl (C=O) groups excluding carboxylic acids is 2. The number of benzene rings is 2. The van der Waals surface area contributed by atoms with Crippen molar-refractivity contribution in [3.05, 3.63) is 59.7 Å². The van der Waals surface area contributed by atoms with Crippen LogP contribution in [0.4, 0.5) is 0 Å². The summed E-state index contributed by atoms with van der Waals surface area (Å²) in [5.74, 6) is 1.32. The molecule has 1 heterocycles. The number of esters is 1. The highest BCUT2D eigenvalue weighted by Crippen LogP contribution is 2.31. The maximum absolute atomic E-state index is 12.5. The van der Waals surface area contributed by atoms with E-state index in [1.807, 2.05) is 56.3 Å². The van der Waals surface area contributed by atoms with Gasteiger partial charge in [0.25, 0.3) is 5.91 Å². The summed E-state index contributed by atoms with van der Waals surface area (Å²) in [6.45, 7) is 6.00. The minimum Gasteiger partial charge on any atom is -0.494 e. The second-order valence-corrected chi connectivity index (χ2v) is 6.83. The molecule has 1 aliphatic heterocycles. The van der Waals surface area contributed by atoms with Crippen LogP contribution in [0.15, 0.2) is 48.5 Å². The van der Waals surface area contributed by atoms with Gasteiger partial charge in [0.15, 0.2) is 18.1 Å². The number of likely N-dealkylation sites (N-methyl/N-ethyl adjacent to an activating group) is 1. The van der Waals surface area contributed by atoms with Crippen molar-refractivity contribution in [2.45, 2.75) is 20.4 Å². The van der Waals surface area contributed by atoms with Crippen molar-refractivity contribution in [1.82, 2.24) is 4.90 Å². The molecule has 31 heavy (non-hydrogen) atoms. The third kappa shape index (κ3) is 6.50. The molecule has 0 saturated carbocycles. The van der Waals surface area contributed by atoms with E-state index in [1.165, 1.54) is 6.08 Å². The maximum Gasteiger partial charge on any atom is 0.331 e. The predicted molar refractivity (Wildman–Crippen MR) is 116 cm³/mol. The van der Waals surface area contributed by atoms with Gasteiger partial charge in [0.2, 0.25) is 0 Å². The molecular formula is C24H27NO6. The molecule has 0 N–H and O–H groups in total. The largest absolute Gasteiger partial charge is 0.494 e. The number of carbonyl (C=O) groups is 2. The van der Waals surface area contributed by atoms with Gasteiger partial charge in [-0.15, -0.1) is 0 Å². The van der Waals surface area contributed by atoms with Crippen LogP contribution >= 0.6 is 0 Å². The lowest BCUT2D eigenvalue weighted by Crippen LogP contribution is -2.34. The van der Waals surface area contributed by atoms with Crippen molar-refractivity contribution in [2.24, 2.45) is 0 Å². The maximum atomic E-state index is 12.5. The van der Waals surface area contributed by atoms with Gasteiger partial charge in [0, 0.05) is 19.2 Å². The molecule has 2 aromatic carbocycles. The van der Waals surface area contributed by atoms with E-state index in [4.69, 9.17) is 18.9 Å². The average Bonchev–Trinajstić information content (AvgIpc) is 2.80. The third-order valence-corrected chi connectivity index (χ3v) is 4.66. The van der Waals surface area contributed by atoms with Crippen LogP contribution in [0.3, 0.4) is 0 Å². The van der Waals surface area contributed by atoms with Crippen LogP contribution in [-0.2, 0) is 20.9 Å². The quantitative estimate of drug-likeness (QED) is 0.453. The smallest absolute Gasteiger partial charge is 0.331 e. The van der Waals surface area contributed by atoms with Crippen LogP contribution in [0.25, 0.3) is 6.08 Å². The Morgan fingerprint density at radius 3 is 2.48 bits per heavy atom. The van der Waals surface area contributed by atoms with Gasteiger partial charge in [-0.2, -0.15) is 0 Å². The number of rotatable bonds is 9. The number of nitrogens with zero attached hydrogens (tertiary/aromatic N) is 1. The lowest BCUT2D eigenvalue weighted by molar-refractivity contribution is -0.148. The highest BCUT2D eigenvalue weighted by atomic mass is 16.6. The first-order chi connectivity index (χ1) is 15.1. The number of ether oxygens (including phenoxy) is 4. The van der Waals surface area contributed by atoms with Crippen molar-refractivity contribution < 1.29 is 28.5 Å². The van der Waals surface area contributed by atoms with Gasteiger partial charge in [0.1, 0.15) is 19.0 Å². The number of fused-ring (bicyclic) bond motifs is 1. The number of hydrogen-bond donors (Lipinski definition) is 0. The Kier molecular flexibility index (Phi) is 7.92.